The molecule has 1 rings (SSSR count). The SMILES string of the molecule is CN(C)C1=NC(C)(C)N=C(N(C)C)N1C. The van der Waals surface area contributed by atoms with Crippen molar-refractivity contribution in [1.29, 1.82) is 0 Å². The van der Waals surface area contributed by atoms with E-state index in [1.54, 1.807) is 0 Å². The second kappa shape index (κ2) is 3.72. The van der Waals surface area contributed by atoms with Gasteiger partial charge in [-0.15, -0.1) is 0 Å². The number of hydrogen-bond donors (Lipinski definition) is 0. The van der Waals surface area contributed by atoms with Crippen molar-refractivity contribution in [2.75, 3.05) is 35.2 Å². The molecule has 0 aromatic heterocycles. The lowest BCUT2D eigenvalue weighted by atomic mass is 10.2. The molecule has 0 saturated heterocycles. The quantitative estimate of drug-likeness (QED) is 0.585. The molecule has 0 aromatic rings. The molecule has 0 atom stereocenters. The molecule has 0 spiro atoms. The van der Waals surface area contributed by atoms with Crippen molar-refractivity contribution in [1.82, 2.24) is 14.7 Å². The summed E-state index contributed by atoms with van der Waals surface area (Å²) in [6.07, 6.45) is 0. The van der Waals surface area contributed by atoms with Crippen LogP contribution in [0.3, 0.4) is 0 Å². The number of aliphatic imine (C=N–C) groups is 2. The lowest BCUT2D eigenvalue weighted by molar-refractivity contribution is 0.408. The molecule has 0 unspecified atom stereocenters. The Hall–Kier alpha value is -1.26. The van der Waals surface area contributed by atoms with Crippen molar-refractivity contribution in [2.24, 2.45) is 9.98 Å². The van der Waals surface area contributed by atoms with Crippen LogP contribution in [0.2, 0.25) is 0 Å². The molecule has 0 saturated carbocycles. The molecule has 86 valence electrons. The Bertz CT molecular complexity index is 273. The van der Waals surface area contributed by atoms with Crippen molar-refractivity contribution < 1.29 is 0 Å². The summed E-state index contributed by atoms with van der Waals surface area (Å²) in [6, 6.07) is 0. The molecule has 1 aliphatic heterocycles. The minimum atomic E-state index is -0.383. The average molecular weight is 211 g/mol. The minimum absolute atomic E-state index is 0.383. The van der Waals surface area contributed by atoms with Crippen LogP contribution in [0.15, 0.2) is 9.98 Å². The van der Waals surface area contributed by atoms with Crippen LogP contribution in [-0.4, -0.2) is 67.5 Å². The van der Waals surface area contributed by atoms with Gasteiger partial charge in [-0.3, -0.25) is 4.90 Å². The Labute approximate surface area is 92.1 Å². The van der Waals surface area contributed by atoms with E-state index in [9.17, 15) is 0 Å². The van der Waals surface area contributed by atoms with Gasteiger partial charge in [0.05, 0.1) is 0 Å². The molecular formula is C10H21N5. The van der Waals surface area contributed by atoms with Gasteiger partial charge in [0.15, 0.2) is 5.66 Å². The van der Waals surface area contributed by atoms with Crippen LogP contribution < -0.4 is 0 Å². The summed E-state index contributed by atoms with van der Waals surface area (Å²) in [4.78, 5) is 15.2. The third-order valence-electron chi connectivity index (χ3n) is 2.15. The van der Waals surface area contributed by atoms with Gasteiger partial charge in [0.2, 0.25) is 11.9 Å². The van der Waals surface area contributed by atoms with Crippen LogP contribution in [0.1, 0.15) is 13.8 Å². The first-order chi connectivity index (χ1) is 6.74. The lowest BCUT2D eigenvalue weighted by Crippen LogP contribution is -2.51. The highest BCUT2D eigenvalue weighted by Gasteiger charge is 2.28. The van der Waals surface area contributed by atoms with E-state index in [0.717, 1.165) is 11.9 Å². The van der Waals surface area contributed by atoms with Gasteiger partial charge in [0, 0.05) is 35.2 Å². The van der Waals surface area contributed by atoms with Crippen molar-refractivity contribution >= 4 is 11.9 Å². The van der Waals surface area contributed by atoms with Crippen LogP contribution in [0.25, 0.3) is 0 Å². The van der Waals surface area contributed by atoms with E-state index in [-0.39, 0.29) is 5.66 Å². The average Bonchev–Trinajstić information content (AvgIpc) is 2.07. The monoisotopic (exact) mass is 211 g/mol. The Balaban J connectivity index is 3.10. The molecule has 1 aliphatic rings. The summed E-state index contributed by atoms with van der Waals surface area (Å²) >= 11 is 0. The summed E-state index contributed by atoms with van der Waals surface area (Å²) < 4.78 is 0. The summed E-state index contributed by atoms with van der Waals surface area (Å²) in [6.45, 7) is 4.01. The molecule has 0 radical (unpaired) electrons. The maximum absolute atomic E-state index is 4.58. The molecule has 0 fully saturated rings. The molecular weight excluding hydrogens is 190 g/mol. The van der Waals surface area contributed by atoms with E-state index in [0.29, 0.717) is 0 Å². The highest BCUT2D eigenvalue weighted by molar-refractivity contribution is 5.99. The highest BCUT2D eigenvalue weighted by atomic mass is 15.5. The van der Waals surface area contributed by atoms with Gasteiger partial charge < -0.3 is 9.80 Å². The molecule has 0 aliphatic carbocycles. The van der Waals surface area contributed by atoms with Crippen molar-refractivity contribution in [3.05, 3.63) is 0 Å². The van der Waals surface area contributed by atoms with Gasteiger partial charge >= 0.3 is 0 Å². The predicted octanol–water partition coefficient (Wildman–Crippen LogP) is 0.503. The zero-order chi connectivity index (χ0) is 11.8. The minimum Gasteiger partial charge on any atom is -0.349 e. The topological polar surface area (TPSA) is 34.4 Å². The Kier molecular flexibility index (Phi) is 2.93. The van der Waals surface area contributed by atoms with Crippen LogP contribution >= 0.6 is 0 Å². The molecule has 0 amide bonds. The van der Waals surface area contributed by atoms with E-state index >= 15 is 0 Å². The maximum Gasteiger partial charge on any atom is 0.205 e. The number of nitrogens with zero attached hydrogens (tertiary/aromatic N) is 5. The summed E-state index contributed by atoms with van der Waals surface area (Å²) in [5, 5.41) is 0. The van der Waals surface area contributed by atoms with Gasteiger partial charge in [-0.25, -0.2) is 9.98 Å². The summed E-state index contributed by atoms with van der Waals surface area (Å²) in [7, 11) is 9.94. The van der Waals surface area contributed by atoms with E-state index in [2.05, 4.69) is 9.98 Å². The van der Waals surface area contributed by atoms with Gasteiger partial charge in [-0.1, -0.05) is 0 Å². The second-order valence-corrected chi connectivity index (χ2v) is 4.67. The maximum atomic E-state index is 4.58. The Morgan fingerprint density at radius 1 is 0.933 bits per heavy atom. The normalized spacial score (nSPS) is 19.5. The third kappa shape index (κ3) is 2.40. The molecule has 0 aromatic carbocycles. The second-order valence-electron chi connectivity index (χ2n) is 4.67. The fourth-order valence-electron chi connectivity index (χ4n) is 1.55. The highest BCUT2D eigenvalue weighted by Crippen LogP contribution is 2.19. The van der Waals surface area contributed by atoms with Crippen LogP contribution in [0.4, 0.5) is 0 Å². The van der Waals surface area contributed by atoms with Crippen LogP contribution in [-0.2, 0) is 0 Å². The fraction of sp³-hybridized carbons (Fsp3) is 0.800. The van der Waals surface area contributed by atoms with Gasteiger partial charge in [-0.05, 0) is 13.8 Å². The van der Waals surface area contributed by atoms with Gasteiger partial charge in [0.25, 0.3) is 0 Å². The molecule has 5 nitrogen and oxygen atoms in total. The number of rotatable bonds is 0. The predicted molar refractivity (Wildman–Crippen MR) is 64.1 cm³/mol. The van der Waals surface area contributed by atoms with Gasteiger partial charge in [0.1, 0.15) is 0 Å². The van der Waals surface area contributed by atoms with Crippen molar-refractivity contribution in [3.8, 4) is 0 Å². The fourth-order valence-corrected chi connectivity index (χ4v) is 1.55. The standard InChI is InChI=1S/C10H21N5/c1-10(2)11-8(13(3)4)15(7)9(12-10)14(5)6/h1-7H3. The smallest absolute Gasteiger partial charge is 0.205 e. The Morgan fingerprint density at radius 3 is 1.53 bits per heavy atom. The van der Waals surface area contributed by atoms with E-state index in [1.807, 2.05) is 63.8 Å². The van der Waals surface area contributed by atoms with E-state index in [1.165, 1.54) is 0 Å². The molecule has 15 heavy (non-hydrogen) atoms. The number of hydrogen-bond acceptors (Lipinski definition) is 5. The van der Waals surface area contributed by atoms with E-state index < -0.39 is 0 Å². The zero-order valence-electron chi connectivity index (χ0n) is 10.7. The van der Waals surface area contributed by atoms with E-state index in [4.69, 9.17) is 0 Å². The Morgan fingerprint density at radius 2 is 1.27 bits per heavy atom. The molecule has 0 bridgehead atoms. The van der Waals surface area contributed by atoms with Gasteiger partial charge in [-0.2, -0.15) is 0 Å². The largest absolute Gasteiger partial charge is 0.349 e. The first-order valence-electron chi connectivity index (χ1n) is 5.02. The van der Waals surface area contributed by atoms with Crippen LogP contribution in [0.5, 0.6) is 0 Å². The third-order valence-corrected chi connectivity index (χ3v) is 2.15. The first-order valence-corrected chi connectivity index (χ1v) is 5.02. The molecule has 5 heteroatoms. The first kappa shape index (κ1) is 11.8. The molecule has 1 heterocycles. The zero-order valence-corrected chi connectivity index (χ0v) is 10.7. The summed E-state index contributed by atoms with van der Waals surface area (Å²) in [5.74, 6) is 1.86. The van der Waals surface area contributed by atoms with Crippen LogP contribution in [0, 0.1) is 0 Å². The van der Waals surface area contributed by atoms with Crippen molar-refractivity contribution in [2.45, 2.75) is 19.5 Å². The summed E-state index contributed by atoms with van der Waals surface area (Å²) in [5.41, 5.74) is -0.383. The number of guanidine groups is 2. The van der Waals surface area contributed by atoms with Crippen molar-refractivity contribution in [3.63, 3.8) is 0 Å². The molecule has 0 N–H and O–H groups in total. The lowest BCUT2D eigenvalue weighted by Gasteiger charge is -2.37.